The molecule has 1 aromatic carbocycles. The number of carbonyl (C=O) groups is 1. The van der Waals surface area contributed by atoms with Crippen LogP contribution in [0.25, 0.3) is 0 Å². The molecule has 0 aromatic heterocycles. The molecule has 0 fully saturated rings. The summed E-state index contributed by atoms with van der Waals surface area (Å²) < 4.78 is 0. The number of nitrogens with one attached hydrogen (secondary N) is 1. The molecule has 17 heavy (non-hydrogen) atoms. The molecule has 0 saturated carbocycles. The number of rotatable bonds is 5. The number of carbonyl (C=O) groups excluding carboxylic acids is 1. The summed E-state index contributed by atoms with van der Waals surface area (Å²) in [5.41, 5.74) is 6.03. The Labute approximate surface area is 102 Å². The van der Waals surface area contributed by atoms with Gasteiger partial charge < -0.3 is 16.2 Å². The summed E-state index contributed by atoms with van der Waals surface area (Å²) in [7, 11) is 0. The van der Waals surface area contributed by atoms with Crippen LogP contribution in [0.15, 0.2) is 24.3 Å². The van der Waals surface area contributed by atoms with E-state index in [1.54, 1.807) is 31.2 Å². The average molecular weight is 236 g/mol. The Morgan fingerprint density at radius 1 is 1.41 bits per heavy atom. The van der Waals surface area contributed by atoms with Crippen LogP contribution in [0.1, 0.15) is 32.3 Å². The van der Waals surface area contributed by atoms with E-state index < -0.39 is 5.54 Å². The summed E-state index contributed by atoms with van der Waals surface area (Å²) in [6, 6.07) is 6.72. The molecule has 94 valence electrons. The van der Waals surface area contributed by atoms with Crippen molar-refractivity contribution < 1.29 is 9.90 Å². The lowest BCUT2D eigenvalue weighted by Crippen LogP contribution is -2.51. The smallest absolute Gasteiger partial charge is 0.240 e. The van der Waals surface area contributed by atoms with Crippen molar-refractivity contribution in [2.24, 2.45) is 5.73 Å². The van der Waals surface area contributed by atoms with Gasteiger partial charge in [-0.3, -0.25) is 4.79 Å². The maximum Gasteiger partial charge on any atom is 0.240 e. The van der Waals surface area contributed by atoms with Gasteiger partial charge in [-0.1, -0.05) is 25.5 Å². The van der Waals surface area contributed by atoms with Gasteiger partial charge in [-0.15, -0.1) is 0 Å². The van der Waals surface area contributed by atoms with Crippen molar-refractivity contribution in [2.45, 2.75) is 38.8 Å². The Morgan fingerprint density at radius 2 is 2.00 bits per heavy atom. The minimum absolute atomic E-state index is 0.146. The van der Waals surface area contributed by atoms with Crippen molar-refractivity contribution in [3.05, 3.63) is 29.8 Å². The Kier molecular flexibility index (Phi) is 4.52. The molecule has 1 unspecified atom stereocenters. The van der Waals surface area contributed by atoms with E-state index in [2.05, 4.69) is 5.32 Å². The van der Waals surface area contributed by atoms with E-state index in [4.69, 9.17) is 10.8 Å². The molecule has 1 rings (SSSR count). The van der Waals surface area contributed by atoms with Crippen LogP contribution in [0, 0.1) is 0 Å². The summed E-state index contributed by atoms with van der Waals surface area (Å²) in [6.45, 7) is 4.16. The number of phenolic OH excluding ortho intramolecular Hbond substituents is 1. The molecule has 0 spiro atoms. The molecular weight excluding hydrogens is 216 g/mol. The van der Waals surface area contributed by atoms with Crippen LogP contribution < -0.4 is 11.1 Å². The highest BCUT2D eigenvalue weighted by Crippen LogP contribution is 2.11. The summed E-state index contributed by atoms with van der Waals surface area (Å²) in [5.74, 6) is 0.0714. The zero-order valence-electron chi connectivity index (χ0n) is 10.4. The third-order valence-electron chi connectivity index (χ3n) is 2.68. The van der Waals surface area contributed by atoms with E-state index in [9.17, 15) is 4.79 Å². The molecule has 4 nitrogen and oxygen atoms in total. The van der Waals surface area contributed by atoms with Crippen molar-refractivity contribution in [1.29, 1.82) is 0 Å². The molecular formula is C13H20N2O2. The number of benzene rings is 1. The minimum atomic E-state index is -0.814. The van der Waals surface area contributed by atoms with Gasteiger partial charge in [-0.05, 0) is 31.0 Å². The highest BCUT2D eigenvalue weighted by atomic mass is 16.3. The molecule has 0 aliphatic carbocycles. The summed E-state index contributed by atoms with van der Waals surface area (Å²) in [4.78, 5) is 11.8. The van der Waals surface area contributed by atoms with Crippen LogP contribution in [-0.4, -0.2) is 16.6 Å². The normalized spacial score (nSPS) is 14.1. The van der Waals surface area contributed by atoms with Gasteiger partial charge in [0.25, 0.3) is 0 Å². The first-order valence-corrected chi connectivity index (χ1v) is 5.81. The van der Waals surface area contributed by atoms with Gasteiger partial charge in [0.2, 0.25) is 5.91 Å². The lowest BCUT2D eigenvalue weighted by atomic mass is 9.96. The van der Waals surface area contributed by atoms with Gasteiger partial charge >= 0.3 is 0 Å². The van der Waals surface area contributed by atoms with Crippen LogP contribution in [0.5, 0.6) is 5.75 Å². The Morgan fingerprint density at radius 3 is 2.53 bits per heavy atom. The first-order valence-electron chi connectivity index (χ1n) is 5.81. The van der Waals surface area contributed by atoms with Crippen molar-refractivity contribution >= 4 is 5.91 Å². The third kappa shape index (κ3) is 4.07. The molecule has 4 N–H and O–H groups in total. The second kappa shape index (κ2) is 5.68. The SMILES string of the molecule is CCCC(C)(N)C(=O)NCc1ccc(O)cc1. The topological polar surface area (TPSA) is 75.4 Å². The molecule has 0 aliphatic rings. The standard InChI is InChI=1S/C13H20N2O2/c1-3-8-13(2,14)12(17)15-9-10-4-6-11(16)7-5-10/h4-7,16H,3,8-9,14H2,1-2H3,(H,15,17). The van der Waals surface area contributed by atoms with E-state index in [1.807, 2.05) is 6.92 Å². The number of nitrogens with two attached hydrogens (primary N) is 1. The van der Waals surface area contributed by atoms with Gasteiger partial charge in [0.05, 0.1) is 5.54 Å². The van der Waals surface area contributed by atoms with Crippen molar-refractivity contribution in [3.63, 3.8) is 0 Å². The second-order valence-corrected chi connectivity index (χ2v) is 4.52. The summed E-state index contributed by atoms with van der Waals surface area (Å²) in [5, 5.41) is 11.9. The largest absolute Gasteiger partial charge is 0.508 e. The molecule has 1 amide bonds. The van der Waals surface area contributed by atoms with Gasteiger partial charge in [-0.2, -0.15) is 0 Å². The molecule has 0 aliphatic heterocycles. The van der Waals surface area contributed by atoms with E-state index in [-0.39, 0.29) is 11.7 Å². The van der Waals surface area contributed by atoms with Crippen molar-refractivity contribution in [1.82, 2.24) is 5.32 Å². The van der Waals surface area contributed by atoms with E-state index in [0.717, 1.165) is 12.0 Å². The second-order valence-electron chi connectivity index (χ2n) is 4.52. The molecule has 4 heteroatoms. The average Bonchev–Trinajstić information content (AvgIpc) is 2.27. The molecule has 0 saturated heterocycles. The molecule has 1 aromatic rings. The Bertz CT molecular complexity index is 372. The summed E-state index contributed by atoms with van der Waals surface area (Å²) in [6.07, 6.45) is 1.54. The minimum Gasteiger partial charge on any atom is -0.508 e. The zero-order valence-corrected chi connectivity index (χ0v) is 10.4. The first-order chi connectivity index (χ1) is 7.95. The number of aromatic hydroxyl groups is 1. The summed E-state index contributed by atoms with van der Waals surface area (Å²) >= 11 is 0. The van der Waals surface area contributed by atoms with Gasteiger partial charge in [0, 0.05) is 6.54 Å². The fraction of sp³-hybridized carbons (Fsp3) is 0.462. The molecule has 0 bridgehead atoms. The van der Waals surface area contributed by atoms with Gasteiger partial charge in [-0.25, -0.2) is 0 Å². The molecule has 0 radical (unpaired) electrons. The number of hydrogen-bond donors (Lipinski definition) is 3. The van der Waals surface area contributed by atoms with Crippen molar-refractivity contribution in [3.8, 4) is 5.75 Å². The Hall–Kier alpha value is -1.55. The van der Waals surface area contributed by atoms with Crippen LogP contribution in [0.3, 0.4) is 0 Å². The van der Waals surface area contributed by atoms with Crippen LogP contribution in [0.4, 0.5) is 0 Å². The predicted molar refractivity (Wildman–Crippen MR) is 67.5 cm³/mol. The first kappa shape index (κ1) is 13.5. The van der Waals surface area contributed by atoms with Crippen molar-refractivity contribution in [2.75, 3.05) is 0 Å². The zero-order chi connectivity index (χ0) is 12.9. The number of phenols is 1. The van der Waals surface area contributed by atoms with E-state index in [0.29, 0.717) is 13.0 Å². The van der Waals surface area contributed by atoms with Crippen LogP contribution in [-0.2, 0) is 11.3 Å². The highest BCUT2D eigenvalue weighted by Gasteiger charge is 2.26. The maximum absolute atomic E-state index is 11.8. The number of amides is 1. The third-order valence-corrected chi connectivity index (χ3v) is 2.68. The van der Waals surface area contributed by atoms with E-state index in [1.165, 1.54) is 0 Å². The van der Waals surface area contributed by atoms with Crippen LogP contribution in [0.2, 0.25) is 0 Å². The fourth-order valence-corrected chi connectivity index (χ4v) is 1.63. The number of hydrogen-bond acceptors (Lipinski definition) is 3. The maximum atomic E-state index is 11.8. The lowest BCUT2D eigenvalue weighted by molar-refractivity contribution is -0.126. The predicted octanol–water partition coefficient (Wildman–Crippen LogP) is 1.53. The van der Waals surface area contributed by atoms with Gasteiger partial charge in [0.15, 0.2) is 0 Å². The Balaban J connectivity index is 2.50. The van der Waals surface area contributed by atoms with Crippen LogP contribution >= 0.6 is 0 Å². The molecule has 1 atom stereocenters. The quantitative estimate of drug-likeness (QED) is 0.725. The monoisotopic (exact) mass is 236 g/mol. The lowest BCUT2D eigenvalue weighted by Gasteiger charge is -2.22. The highest BCUT2D eigenvalue weighted by molar-refractivity contribution is 5.85. The van der Waals surface area contributed by atoms with Gasteiger partial charge in [0.1, 0.15) is 5.75 Å². The molecule has 0 heterocycles. The fourth-order valence-electron chi connectivity index (χ4n) is 1.63. The van der Waals surface area contributed by atoms with E-state index >= 15 is 0 Å².